The summed E-state index contributed by atoms with van der Waals surface area (Å²) >= 11 is 6.33. The SMILES string of the molecule is CC(C)C(=O)N1c2ccccc2NC2=C(C(=O)CC(C)(C)C2)[C@@H]1c1cccc(Cl)c1. The molecule has 0 unspecified atom stereocenters. The van der Waals surface area contributed by atoms with Crippen LogP contribution in [-0.4, -0.2) is 11.7 Å². The van der Waals surface area contributed by atoms with Crippen LogP contribution < -0.4 is 10.2 Å². The lowest BCUT2D eigenvalue weighted by Crippen LogP contribution is -2.41. The van der Waals surface area contributed by atoms with Gasteiger partial charge in [0, 0.05) is 28.6 Å². The van der Waals surface area contributed by atoms with Gasteiger partial charge in [0.1, 0.15) is 0 Å². The Morgan fingerprint density at radius 1 is 1.13 bits per heavy atom. The Morgan fingerprint density at radius 3 is 2.57 bits per heavy atom. The molecule has 0 aromatic heterocycles. The molecule has 1 N–H and O–H groups in total. The lowest BCUT2D eigenvalue weighted by Gasteiger charge is -2.37. The second-order valence-electron chi connectivity index (χ2n) is 9.30. The monoisotopic (exact) mass is 422 g/mol. The number of amides is 1. The summed E-state index contributed by atoms with van der Waals surface area (Å²) in [6, 6.07) is 14.7. The molecule has 1 atom stereocenters. The summed E-state index contributed by atoms with van der Waals surface area (Å²) in [5, 5.41) is 4.10. The smallest absolute Gasteiger partial charge is 0.230 e. The maximum Gasteiger partial charge on any atom is 0.230 e. The zero-order valence-corrected chi connectivity index (χ0v) is 18.6. The van der Waals surface area contributed by atoms with Crippen LogP contribution in [0.1, 0.15) is 52.1 Å². The number of Topliss-reactive ketones (excluding diaryl/α,β-unsaturated/α-hetero) is 1. The minimum atomic E-state index is -0.520. The average Bonchev–Trinajstić information content (AvgIpc) is 2.80. The van der Waals surface area contributed by atoms with Gasteiger partial charge >= 0.3 is 0 Å². The molecule has 0 fully saturated rings. The Morgan fingerprint density at radius 2 is 1.87 bits per heavy atom. The van der Waals surface area contributed by atoms with E-state index in [-0.39, 0.29) is 23.0 Å². The predicted octanol–water partition coefficient (Wildman–Crippen LogP) is 6.14. The second-order valence-corrected chi connectivity index (χ2v) is 9.73. The molecule has 0 saturated carbocycles. The Balaban J connectivity index is 2.03. The highest BCUT2D eigenvalue weighted by molar-refractivity contribution is 6.30. The molecule has 0 radical (unpaired) electrons. The predicted molar refractivity (Wildman–Crippen MR) is 122 cm³/mol. The number of para-hydroxylation sites is 2. The summed E-state index contributed by atoms with van der Waals surface area (Å²) in [5.41, 5.74) is 3.88. The number of carbonyl (C=O) groups is 2. The van der Waals surface area contributed by atoms with Crippen LogP contribution in [0.5, 0.6) is 0 Å². The van der Waals surface area contributed by atoms with Crippen LogP contribution in [0, 0.1) is 11.3 Å². The third kappa shape index (κ3) is 3.65. The minimum absolute atomic E-state index is 0.0272. The number of anilines is 2. The number of hydrogen-bond acceptors (Lipinski definition) is 3. The highest BCUT2D eigenvalue weighted by Gasteiger charge is 2.43. The second kappa shape index (κ2) is 7.59. The van der Waals surface area contributed by atoms with Gasteiger partial charge in [-0.25, -0.2) is 0 Å². The zero-order valence-electron chi connectivity index (χ0n) is 17.8. The number of nitrogens with one attached hydrogen (secondary N) is 1. The Kier molecular flexibility index (Phi) is 5.23. The topological polar surface area (TPSA) is 49.4 Å². The Labute approximate surface area is 182 Å². The molecule has 4 nitrogen and oxygen atoms in total. The molecule has 0 saturated heterocycles. The maximum atomic E-state index is 13.5. The van der Waals surface area contributed by atoms with Crippen LogP contribution >= 0.6 is 11.6 Å². The van der Waals surface area contributed by atoms with E-state index >= 15 is 0 Å². The number of fused-ring (bicyclic) bond motifs is 1. The van der Waals surface area contributed by atoms with Crippen molar-refractivity contribution in [3.05, 3.63) is 70.4 Å². The molecule has 1 aliphatic heterocycles. The van der Waals surface area contributed by atoms with E-state index in [1.165, 1.54) is 0 Å². The highest BCUT2D eigenvalue weighted by atomic mass is 35.5. The van der Waals surface area contributed by atoms with E-state index in [0.717, 1.165) is 29.1 Å². The molecule has 156 valence electrons. The number of halogens is 1. The normalized spacial score (nSPS) is 20.4. The first kappa shape index (κ1) is 20.7. The van der Waals surface area contributed by atoms with E-state index in [2.05, 4.69) is 19.2 Å². The molecule has 1 aliphatic carbocycles. The molecule has 2 aliphatic rings. The van der Waals surface area contributed by atoms with E-state index in [4.69, 9.17) is 11.6 Å². The van der Waals surface area contributed by atoms with Crippen LogP contribution in [0.3, 0.4) is 0 Å². The number of benzene rings is 2. The van der Waals surface area contributed by atoms with Gasteiger partial charge in [-0.15, -0.1) is 0 Å². The fourth-order valence-electron chi connectivity index (χ4n) is 4.50. The van der Waals surface area contributed by atoms with E-state index in [1.54, 1.807) is 4.90 Å². The fraction of sp³-hybridized carbons (Fsp3) is 0.360. The van der Waals surface area contributed by atoms with Crippen LogP contribution in [-0.2, 0) is 9.59 Å². The maximum absolute atomic E-state index is 13.5. The molecular formula is C25H27ClN2O2. The van der Waals surface area contributed by atoms with Crippen molar-refractivity contribution in [2.24, 2.45) is 11.3 Å². The van der Waals surface area contributed by atoms with Gasteiger partial charge in [-0.1, -0.05) is 63.6 Å². The van der Waals surface area contributed by atoms with Crippen molar-refractivity contribution in [1.29, 1.82) is 0 Å². The molecule has 1 heterocycles. The van der Waals surface area contributed by atoms with Gasteiger partial charge in [0.15, 0.2) is 5.78 Å². The average molecular weight is 423 g/mol. The molecular weight excluding hydrogens is 396 g/mol. The van der Waals surface area contributed by atoms with Gasteiger partial charge < -0.3 is 5.32 Å². The first-order chi connectivity index (χ1) is 14.2. The van der Waals surface area contributed by atoms with Gasteiger partial charge in [-0.05, 0) is 41.7 Å². The number of nitrogens with zero attached hydrogens (tertiary/aromatic N) is 1. The third-order valence-corrected chi connectivity index (χ3v) is 6.03. The van der Waals surface area contributed by atoms with E-state index in [9.17, 15) is 9.59 Å². The van der Waals surface area contributed by atoms with Crippen LogP contribution in [0.25, 0.3) is 0 Å². The number of hydrogen-bond donors (Lipinski definition) is 1. The van der Waals surface area contributed by atoms with Crippen LogP contribution in [0.4, 0.5) is 11.4 Å². The van der Waals surface area contributed by atoms with Crippen molar-refractivity contribution in [3.8, 4) is 0 Å². The zero-order chi connectivity index (χ0) is 21.6. The van der Waals surface area contributed by atoms with E-state index in [0.29, 0.717) is 17.0 Å². The van der Waals surface area contributed by atoms with Crippen molar-refractivity contribution >= 4 is 34.7 Å². The van der Waals surface area contributed by atoms with Crippen molar-refractivity contribution in [2.75, 3.05) is 10.2 Å². The van der Waals surface area contributed by atoms with Gasteiger partial charge in [0.2, 0.25) is 5.91 Å². The first-order valence-corrected chi connectivity index (χ1v) is 10.8. The molecule has 0 spiro atoms. The van der Waals surface area contributed by atoms with Crippen molar-refractivity contribution in [2.45, 2.75) is 46.6 Å². The molecule has 4 rings (SSSR count). The van der Waals surface area contributed by atoms with Crippen molar-refractivity contribution in [1.82, 2.24) is 0 Å². The molecule has 30 heavy (non-hydrogen) atoms. The van der Waals surface area contributed by atoms with Gasteiger partial charge in [0.25, 0.3) is 0 Å². The minimum Gasteiger partial charge on any atom is -0.357 e. The number of carbonyl (C=O) groups excluding carboxylic acids is 2. The third-order valence-electron chi connectivity index (χ3n) is 5.80. The summed E-state index contributed by atoms with van der Waals surface area (Å²) in [6.07, 6.45) is 1.19. The Hall–Kier alpha value is -2.59. The lowest BCUT2D eigenvalue weighted by atomic mass is 9.73. The number of ketones is 1. The molecule has 0 bridgehead atoms. The number of rotatable bonds is 2. The largest absolute Gasteiger partial charge is 0.357 e. The first-order valence-electron chi connectivity index (χ1n) is 10.4. The molecule has 2 aromatic rings. The van der Waals surface area contributed by atoms with Crippen molar-refractivity contribution in [3.63, 3.8) is 0 Å². The summed E-state index contributed by atoms with van der Waals surface area (Å²) in [7, 11) is 0. The Bertz CT molecular complexity index is 1050. The summed E-state index contributed by atoms with van der Waals surface area (Å²) in [4.78, 5) is 28.8. The standard InChI is InChI=1S/C25H27ClN2O2/c1-15(2)24(30)28-20-11-6-5-10-18(20)27-19-13-25(3,4)14-21(29)22(19)23(28)16-8-7-9-17(26)12-16/h5-12,15,23,27H,13-14H2,1-4H3/t23-/m0/s1. The highest BCUT2D eigenvalue weighted by Crippen LogP contribution is 2.48. The summed E-state index contributed by atoms with van der Waals surface area (Å²) < 4.78 is 0. The quantitative estimate of drug-likeness (QED) is 0.632. The number of allylic oxidation sites excluding steroid dienone is 1. The van der Waals surface area contributed by atoms with Crippen LogP contribution in [0.2, 0.25) is 5.02 Å². The van der Waals surface area contributed by atoms with E-state index < -0.39 is 6.04 Å². The van der Waals surface area contributed by atoms with E-state index in [1.807, 2.05) is 62.4 Å². The van der Waals surface area contributed by atoms with Gasteiger partial charge in [-0.3, -0.25) is 14.5 Å². The molecule has 2 aromatic carbocycles. The fourth-order valence-corrected chi connectivity index (χ4v) is 4.70. The van der Waals surface area contributed by atoms with Gasteiger partial charge in [0.05, 0.1) is 17.4 Å². The molecule has 1 amide bonds. The lowest BCUT2D eigenvalue weighted by molar-refractivity contribution is -0.122. The summed E-state index contributed by atoms with van der Waals surface area (Å²) in [6.45, 7) is 8.00. The van der Waals surface area contributed by atoms with Crippen molar-refractivity contribution < 1.29 is 9.59 Å². The molecule has 5 heteroatoms. The van der Waals surface area contributed by atoms with Crippen LogP contribution in [0.15, 0.2) is 59.8 Å². The van der Waals surface area contributed by atoms with Gasteiger partial charge in [-0.2, -0.15) is 0 Å². The summed E-state index contributed by atoms with van der Waals surface area (Å²) in [5.74, 6) is -0.175.